The summed E-state index contributed by atoms with van der Waals surface area (Å²) in [6.45, 7) is 0. The monoisotopic (exact) mass is 255 g/mol. The summed E-state index contributed by atoms with van der Waals surface area (Å²) in [7, 11) is 0. The normalized spacial score (nSPS) is 10.6. The molecule has 94 valence electrons. The largest absolute Gasteiger partial charge is 0.322 e. The molecule has 0 aliphatic carbocycles. The van der Waals surface area contributed by atoms with Crippen molar-refractivity contribution in [3.63, 3.8) is 0 Å². The number of carbonyl (C=O) groups is 1. The van der Waals surface area contributed by atoms with Crippen molar-refractivity contribution in [1.82, 2.24) is 9.38 Å². The Morgan fingerprint density at radius 2 is 1.95 bits per heavy atom. The number of benzene rings is 1. The highest BCUT2D eigenvalue weighted by atomic mass is 19.1. The van der Waals surface area contributed by atoms with Gasteiger partial charge >= 0.3 is 0 Å². The second kappa shape index (κ2) is 4.53. The van der Waals surface area contributed by atoms with E-state index in [-0.39, 0.29) is 11.7 Å². The van der Waals surface area contributed by atoms with Gasteiger partial charge in [0.1, 0.15) is 11.5 Å². The van der Waals surface area contributed by atoms with Gasteiger partial charge < -0.3 is 9.72 Å². The van der Waals surface area contributed by atoms with Crippen LogP contribution in [-0.2, 0) is 0 Å². The molecule has 0 unspecified atom stereocenters. The number of nitrogens with one attached hydrogen (secondary N) is 1. The molecule has 0 fully saturated rings. The van der Waals surface area contributed by atoms with Crippen molar-refractivity contribution in [3.05, 3.63) is 66.4 Å². The SMILES string of the molecule is O=C(Nc1ccc(F)cc1)c1ccc2nccn2c1. The number of fused-ring (bicyclic) bond motifs is 1. The van der Waals surface area contributed by atoms with E-state index in [9.17, 15) is 9.18 Å². The molecule has 5 heteroatoms. The summed E-state index contributed by atoms with van der Waals surface area (Å²) in [5.41, 5.74) is 1.84. The molecule has 0 bridgehead atoms. The zero-order valence-corrected chi connectivity index (χ0v) is 9.88. The van der Waals surface area contributed by atoms with E-state index in [2.05, 4.69) is 10.3 Å². The lowest BCUT2D eigenvalue weighted by Gasteiger charge is -2.05. The van der Waals surface area contributed by atoms with Crippen molar-refractivity contribution in [2.24, 2.45) is 0 Å². The summed E-state index contributed by atoms with van der Waals surface area (Å²) in [5.74, 6) is -0.583. The van der Waals surface area contributed by atoms with Crippen molar-refractivity contribution < 1.29 is 9.18 Å². The molecule has 19 heavy (non-hydrogen) atoms. The second-order valence-electron chi connectivity index (χ2n) is 4.07. The molecule has 1 amide bonds. The van der Waals surface area contributed by atoms with Gasteiger partial charge in [0.05, 0.1) is 5.56 Å². The van der Waals surface area contributed by atoms with Crippen LogP contribution in [0.15, 0.2) is 55.0 Å². The topological polar surface area (TPSA) is 46.4 Å². The Morgan fingerprint density at radius 3 is 2.74 bits per heavy atom. The predicted molar refractivity (Wildman–Crippen MR) is 69.5 cm³/mol. The number of amides is 1. The number of imidazole rings is 1. The third-order valence-corrected chi connectivity index (χ3v) is 2.75. The molecule has 0 saturated heterocycles. The third-order valence-electron chi connectivity index (χ3n) is 2.75. The molecule has 3 rings (SSSR count). The van der Waals surface area contributed by atoms with Crippen LogP contribution in [-0.4, -0.2) is 15.3 Å². The van der Waals surface area contributed by atoms with E-state index >= 15 is 0 Å². The van der Waals surface area contributed by atoms with Crippen LogP contribution in [0.2, 0.25) is 0 Å². The minimum Gasteiger partial charge on any atom is -0.322 e. The van der Waals surface area contributed by atoms with E-state index in [1.165, 1.54) is 24.3 Å². The maximum Gasteiger partial charge on any atom is 0.257 e. The van der Waals surface area contributed by atoms with E-state index in [1.807, 2.05) is 0 Å². The fourth-order valence-electron chi connectivity index (χ4n) is 1.79. The fraction of sp³-hybridized carbons (Fsp3) is 0. The van der Waals surface area contributed by atoms with Crippen LogP contribution in [0, 0.1) is 5.82 Å². The number of rotatable bonds is 2. The molecule has 1 N–H and O–H groups in total. The van der Waals surface area contributed by atoms with Gasteiger partial charge in [-0.25, -0.2) is 9.37 Å². The lowest BCUT2D eigenvalue weighted by molar-refractivity contribution is 0.102. The Bertz CT molecular complexity index is 734. The summed E-state index contributed by atoms with van der Waals surface area (Å²) < 4.78 is 14.5. The molecular formula is C14H10FN3O. The fourth-order valence-corrected chi connectivity index (χ4v) is 1.79. The van der Waals surface area contributed by atoms with Gasteiger partial charge in [-0.1, -0.05) is 0 Å². The van der Waals surface area contributed by atoms with Gasteiger partial charge in [-0.2, -0.15) is 0 Å². The maximum absolute atomic E-state index is 12.8. The Labute approximate surface area is 108 Å². The Kier molecular flexibility index (Phi) is 2.72. The van der Waals surface area contributed by atoms with Gasteiger partial charge in [-0.05, 0) is 36.4 Å². The van der Waals surface area contributed by atoms with Crippen molar-refractivity contribution in [3.8, 4) is 0 Å². The molecule has 0 aliphatic rings. The number of carbonyl (C=O) groups excluding carboxylic acids is 1. The van der Waals surface area contributed by atoms with E-state index in [0.29, 0.717) is 11.3 Å². The van der Waals surface area contributed by atoms with Gasteiger partial charge in [0.2, 0.25) is 0 Å². The van der Waals surface area contributed by atoms with Gasteiger partial charge in [0, 0.05) is 24.3 Å². The summed E-state index contributed by atoms with van der Waals surface area (Å²) in [4.78, 5) is 16.1. The first-order valence-electron chi connectivity index (χ1n) is 5.72. The van der Waals surface area contributed by atoms with Crippen molar-refractivity contribution in [1.29, 1.82) is 0 Å². The first-order valence-corrected chi connectivity index (χ1v) is 5.72. The number of halogens is 1. The second-order valence-corrected chi connectivity index (χ2v) is 4.07. The van der Waals surface area contributed by atoms with Crippen molar-refractivity contribution in [2.75, 3.05) is 5.32 Å². The van der Waals surface area contributed by atoms with E-state index in [4.69, 9.17) is 0 Å². The van der Waals surface area contributed by atoms with Crippen LogP contribution in [0.3, 0.4) is 0 Å². The minimum absolute atomic E-state index is 0.248. The zero-order valence-electron chi connectivity index (χ0n) is 9.88. The van der Waals surface area contributed by atoms with Crippen molar-refractivity contribution in [2.45, 2.75) is 0 Å². The number of aromatic nitrogens is 2. The predicted octanol–water partition coefficient (Wildman–Crippen LogP) is 2.73. The molecule has 2 aromatic heterocycles. The van der Waals surface area contributed by atoms with E-state index < -0.39 is 0 Å². The van der Waals surface area contributed by atoms with Gasteiger partial charge in [0.15, 0.2) is 0 Å². The van der Waals surface area contributed by atoms with Crippen LogP contribution in [0.25, 0.3) is 5.65 Å². The molecule has 0 aliphatic heterocycles. The van der Waals surface area contributed by atoms with Crippen molar-refractivity contribution >= 4 is 17.2 Å². The average Bonchev–Trinajstić information content (AvgIpc) is 2.88. The number of hydrogen-bond donors (Lipinski definition) is 1. The van der Waals surface area contributed by atoms with Gasteiger partial charge in [-0.3, -0.25) is 4.79 Å². The summed E-state index contributed by atoms with van der Waals surface area (Å²) in [6, 6.07) is 9.09. The number of pyridine rings is 1. The van der Waals surface area contributed by atoms with Crippen LogP contribution >= 0.6 is 0 Å². The molecule has 0 radical (unpaired) electrons. The lowest BCUT2D eigenvalue weighted by atomic mass is 10.2. The van der Waals surface area contributed by atoms with E-state index in [0.717, 1.165) is 5.65 Å². The zero-order chi connectivity index (χ0) is 13.2. The maximum atomic E-state index is 12.8. The highest BCUT2D eigenvalue weighted by molar-refractivity contribution is 6.04. The Morgan fingerprint density at radius 1 is 1.16 bits per heavy atom. The third kappa shape index (κ3) is 2.30. The minimum atomic E-state index is -0.335. The molecule has 1 aromatic carbocycles. The molecule has 0 spiro atoms. The van der Waals surface area contributed by atoms with Crippen LogP contribution < -0.4 is 5.32 Å². The van der Waals surface area contributed by atoms with Gasteiger partial charge in [0.25, 0.3) is 5.91 Å². The average molecular weight is 255 g/mol. The molecule has 3 aromatic rings. The number of anilines is 1. The Balaban J connectivity index is 1.84. The number of nitrogens with zero attached hydrogens (tertiary/aromatic N) is 2. The summed E-state index contributed by atoms with van der Waals surface area (Å²) in [6.07, 6.45) is 5.13. The van der Waals surface area contributed by atoms with E-state index in [1.54, 1.807) is 35.1 Å². The standard InChI is InChI=1S/C14H10FN3O/c15-11-2-4-12(5-3-11)17-14(19)10-1-6-13-16-7-8-18(13)9-10/h1-9H,(H,17,19). The lowest BCUT2D eigenvalue weighted by Crippen LogP contribution is -2.12. The molecule has 4 nitrogen and oxygen atoms in total. The Hall–Kier alpha value is -2.69. The quantitative estimate of drug-likeness (QED) is 0.765. The molecular weight excluding hydrogens is 245 g/mol. The summed E-state index contributed by atoms with van der Waals surface area (Å²) >= 11 is 0. The highest BCUT2D eigenvalue weighted by Gasteiger charge is 2.07. The first kappa shape index (κ1) is 11.4. The van der Waals surface area contributed by atoms with Gasteiger partial charge in [-0.15, -0.1) is 0 Å². The molecule has 0 saturated carbocycles. The molecule has 2 heterocycles. The number of hydrogen-bond acceptors (Lipinski definition) is 2. The van der Waals surface area contributed by atoms with Crippen LogP contribution in [0.1, 0.15) is 10.4 Å². The first-order chi connectivity index (χ1) is 9.22. The van der Waals surface area contributed by atoms with Crippen LogP contribution in [0.4, 0.5) is 10.1 Å². The molecule has 0 atom stereocenters. The van der Waals surface area contributed by atoms with Crippen LogP contribution in [0.5, 0.6) is 0 Å². The smallest absolute Gasteiger partial charge is 0.257 e. The highest BCUT2D eigenvalue weighted by Crippen LogP contribution is 2.11. The summed E-state index contributed by atoms with van der Waals surface area (Å²) in [5, 5.41) is 2.70.